The number of benzene rings is 1. The maximum absolute atomic E-state index is 12.8. The molecule has 0 unspecified atom stereocenters. The van der Waals surface area contributed by atoms with Gasteiger partial charge in [-0.1, -0.05) is 0 Å². The average molecular weight is 349 g/mol. The summed E-state index contributed by atoms with van der Waals surface area (Å²) in [6.45, 7) is -1.49. The number of carboxylic acid groups (broad SMARTS) is 1. The molecule has 0 aliphatic rings. The summed E-state index contributed by atoms with van der Waals surface area (Å²) in [4.78, 5) is 11.6. The van der Waals surface area contributed by atoms with Crippen LogP contribution >= 0.6 is 11.3 Å². The molecule has 1 heterocycles. The molecule has 0 saturated heterocycles. The number of ether oxygens (including phenoxy) is 1. The van der Waals surface area contributed by atoms with Crippen molar-refractivity contribution in [2.45, 2.75) is 12.3 Å². The number of hydrogen-bond acceptors (Lipinski definition) is 4. The quantitative estimate of drug-likeness (QED) is 0.611. The Kier molecular flexibility index (Phi) is 4.79. The summed E-state index contributed by atoms with van der Waals surface area (Å²) in [5.74, 6) is -5.48. The van der Waals surface area contributed by atoms with Gasteiger partial charge in [-0.05, 0) is 35.9 Å². The minimum absolute atomic E-state index is 0.0159. The highest BCUT2D eigenvalue weighted by atomic mass is 32.1. The lowest BCUT2D eigenvalue weighted by atomic mass is 10.1. The van der Waals surface area contributed by atoms with Crippen molar-refractivity contribution in [3.05, 3.63) is 35.2 Å². The number of carboxylic acids is 1. The van der Waals surface area contributed by atoms with E-state index < -0.39 is 24.9 Å². The Morgan fingerprint density at radius 2 is 2.00 bits per heavy atom. The number of carbonyl (C=O) groups is 1. The van der Waals surface area contributed by atoms with Crippen molar-refractivity contribution in [1.82, 2.24) is 0 Å². The van der Waals surface area contributed by atoms with Crippen LogP contribution in [0, 0.1) is 0 Å². The van der Waals surface area contributed by atoms with Gasteiger partial charge in [-0.2, -0.15) is 8.78 Å². The molecule has 9 heteroatoms. The van der Waals surface area contributed by atoms with Crippen LogP contribution in [0.5, 0.6) is 5.75 Å². The first-order valence-corrected chi connectivity index (χ1v) is 7.04. The second kappa shape index (κ2) is 6.45. The highest BCUT2D eigenvalue weighted by Gasteiger charge is 2.41. The van der Waals surface area contributed by atoms with Crippen LogP contribution in [0.3, 0.4) is 0 Å². The molecule has 0 bridgehead atoms. The molecule has 0 aliphatic carbocycles. The van der Waals surface area contributed by atoms with Gasteiger partial charge >= 0.3 is 18.3 Å². The standard InChI is InChI=1S/C14H11F4NO3S/c15-13(16)14(17,18)6-22-9-2-1-7(5-8(9)19)10-3-4-11(23-10)12(20)21/h1-5,13H,6,19H2,(H,20,21). The minimum Gasteiger partial charge on any atom is -0.485 e. The van der Waals surface area contributed by atoms with E-state index in [-0.39, 0.29) is 16.3 Å². The van der Waals surface area contributed by atoms with Gasteiger partial charge in [-0.25, -0.2) is 13.6 Å². The smallest absolute Gasteiger partial charge is 0.345 e. The lowest BCUT2D eigenvalue weighted by Gasteiger charge is -2.17. The van der Waals surface area contributed by atoms with E-state index in [4.69, 9.17) is 10.8 Å². The zero-order valence-electron chi connectivity index (χ0n) is 11.4. The van der Waals surface area contributed by atoms with E-state index in [1.165, 1.54) is 24.3 Å². The lowest BCUT2D eigenvalue weighted by Crippen LogP contribution is -2.33. The molecule has 0 radical (unpaired) electrons. The highest BCUT2D eigenvalue weighted by molar-refractivity contribution is 7.17. The molecule has 0 amide bonds. The Morgan fingerprint density at radius 3 is 2.52 bits per heavy atom. The third-order valence-corrected chi connectivity index (χ3v) is 3.97. The van der Waals surface area contributed by atoms with E-state index in [1.54, 1.807) is 6.07 Å². The number of rotatable bonds is 6. The predicted octanol–water partition coefficient (Wildman–Crippen LogP) is 3.97. The molecule has 0 atom stereocenters. The van der Waals surface area contributed by atoms with Gasteiger partial charge < -0.3 is 15.6 Å². The van der Waals surface area contributed by atoms with Crippen molar-refractivity contribution in [1.29, 1.82) is 0 Å². The zero-order valence-corrected chi connectivity index (χ0v) is 12.2. The van der Waals surface area contributed by atoms with Gasteiger partial charge in [0, 0.05) is 4.88 Å². The first-order valence-electron chi connectivity index (χ1n) is 6.22. The maximum Gasteiger partial charge on any atom is 0.345 e. The Bertz CT molecular complexity index is 718. The van der Waals surface area contributed by atoms with E-state index in [9.17, 15) is 22.4 Å². The van der Waals surface area contributed by atoms with Gasteiger partial charge in [0.05, 0.1) is 5.69 Å². The van der Waals surface area contributed by atoms with Crippen LogP contribution in [0.15, 0.2) is 30.3 Å². The molecule has 2 rings (SSSR count). The Hall–Kier alpha value is -2.29. The number of nitrogens with two attached hydrogens (primary N) is 1. The Morgan fingerprint density at radius 1 is 1.30 bits per heavy atom. The van der Waals surface area contributed by atoms with Crippen LogP contribution in [-0.2, 0) is 0 Å². The normalized spacial score (nSPS) is 11.7. The van der Waals surface area contributed by atoms with Crippen molar-refractivity contribution in [3.63, 3.8) is 0 Å². The number of hydrogen-bond donors (Lipinski definition) is 2. The number of aromatic carboxylic acids is 1. The molecule has 0 spiro atoms. The monoisotopic (exact) mass is 349 g/mol. The third-order valence-electron chi connectivity index (χ3n) is 2.85. The molecule has 0 aliphatic heterocycles. The fraction of sp³-hybridized carbons (Fsp3) is 0.214. The topological polar surface area (TPSA) is 72.6 Å². The van der Waals surface area contributed by atoms with Crippen LogP contribution in [0.2, 0.25) is 0 Å². The van der Waals surface area contributed by atoms with Crippen LogP contribution in [0.25, 0.3) is 10.4 Å². The van der Waals surface area contributed by atoms with Crippen molar-refractivity contribution in [2.75, 3.05) is 12.3 Å². The molecule has 1 aromatic heterocycles. The number of alkyl halides is 4. The molecular weight excluding hydrogens is 338 g/mol. The molecule has 0 saturated carbocycles. The Labute approximate surface area is 132 Å². The first-order chi connectivity index (χ1) is 10.7. The predicted molar refractivity (Wildman–Crippen MR) is 77.6 cm³/mol. The van der Waals surface area contributed by atoms with Crippen molar-refractivity contribution < 1.29 is 32.2 Å². The lowest BCUT2D eigenvalue weighted by molar-refractivity contribution is -0.148. The molecule has 3 N–H and O–H groups in total. The van der Waals surface area contributed by atoms with Crippen molar-refractivity contribution in [3.8, 4) is 16.2 Å². The van der Waals surface area contributed by atoms with Crippen LogP contribution in [-0.4, -0.2) is 30.0 Å². The van der Waals surface area contributed by atoms with Crippen molar-refractivity contribution >= 4 is 23.0 Å². The second-order valence-electron chi connectivity index (χ2n) is 4.57. The van der Waals surface area contributed by atoms with Crippen LogP contribution in [0.4, 0.5) is 23.2 Å². The maximum atomic E-state index is 12.8. The fourth-order valence-electron chi connectivity index (χ4n) is 1.68. The van der Waals surface area contributed by atoms with E-state index >= 15 is 0 Å². The van der Waals surface area contributed by atoms with Crippen LogP contribution < -0.4 is 10.5 Å². The van der Waals surface area contributed by atoms with Gasteiger partial charge in [-0.3, -0.25) is 0 Å². The van der Waals surface area contributed by atoms with Gasteiger partial charge in [0.1, 0.15) is 10.6 Å². The number of halogens is 4. The summed E-state index contributed by atoms with van der Waals surface area (Å²) < 4.78 is 54.4. The first kappa shape index (κ1) is 17.1. The molecule has 23 heavy (non-hydrogen) atoms. The van der Waals surface area contributed by atoms with Crippen LogP contribution in [0.1, 0.15) is 9.67 Å². The van der Waals surface area contributed by atoms with E-state index in [0.29, 0.717) is 10.4 Å². The minimum atomic E-state index is -4.27. The van der Waals surface area contributed by atoms with Gasteiger partial charge in [0.15, 0.2) is 6.61 Å². The van der Waals surface area contributed by atoms with E-state index in [2.05, 4.69) is 4.74 Å². The molecule has 124 valence electrons. The van der Waals surface area contributed by atoms with Gasteiger partial charge in [0.2, 0.25) is 0 Å². The second-order valence-corrected chi connectivity index (χ2v) is 5.66. The molecule has 1 aromatic carbocycles. The largest absolute Gasteiger partial charge is 0.485 e. The highest BCUT2D eigenvalue weighted by Crippen LogP contribution is 2.34. The summed E-state index contributed by atoms with van der Waals surface area (Å²) in [6, 6.07) is 7.14. The molecule has 0 fully saturated rings. The average Bonchev–Trinajstić information content (AvgIpc) is 2.95. The summed E-state index contributed by atoms with van der Waals surface area (Å²) in [5.41, 5.74) is 6.21. The molecular formula is C14H11F4NO3S. The van der Waals surface area contributed by atoms with Gasteiger partial charge in [0.25, 0.3) is 0 Å². The third kappa shape index (κ3) is 3.92. The number of thiophene rings is 1. The SMILES string of the molecule is Nc1cc(-c2ccc(C(=O)O)s2)ccc1OCC(F)(F)C(F)F. The fourth-order valence-corrected chi connectivity index (χ4v) is 2.52. The zero-order chi connectivity index (χ0) is 17.2. The summed E-state index contributed by atoms with van der Waals surface area (Å²) in [5, 5.41) is 8.87. The summed E-state index contributed by atoms with van der Waals surface area (Å²) >= 11 is 1.02. The molecule has 2 aromatic rings. The van der Waals surface area contributed by atoms with Crippen molar-refractivity contribution in [2.24, 2.45) is 0 Å². The van der Waals surface area contributed by atoms with E-state index in [1.807, 2.05) is 0 Å². The van der Waals surface area contributed by atoms with Gasteiger partial charge in [-0.15, -0.1) is 11.3 Å². The summed E-state index contributed by atoms with van der Waals surface area (Å²) in [7, 11) is 0. The number of anilines is 1. The molecule has 4 nitrogen and oxygen atoms in total. The summed E-state index contributed by atoms with van der Waals surface area (Å²) in [6.07, 6.45) is -3.83. The number of nitrogen functional groups attached to an aromatic ring is 1. The Balaban J connectivity index is 2.16. The van der Waals surface area contributed by atoms with E-state index in [0.717, 1.165) is 11.3 Å².